The van der Waals surface area contributed by atoms with Gasteiger partial charge in [-0.1, -0.05) is 12.1 Å². The Balaban J connectivity index is 1.69. The molecule has 6 rings (SSSR count). The molecule has 5 aromatic rings. The number of halogens is 1. The first kappa shape index (κ1) is 24.8. The molecule has 5 heterocycles. The number of fused-ring (bicyclic) bond motifs is 3. The fourth-order valence-corrected chi connectivity index (χ4v) is 5.90. The fourth-order valence-electron chi connectivity index (χ4n) is 5.90. The normalized spacial score (nSPS) is 15.9. The Labute approximate surface area is 221 Å². The van der Waals surface area contributed by atoms with Crippen LogP contribution in [-0.2, 0) is 10.3 Å². The molecule has 1 aromatic carbocycles. The highest BCUT2D eigenvalue weighted by molar-refractivity contribution is 6.06. The summed E-state index contributed by atoms with van der Waals surface area (Å²) in [5.74, 6) is 0.856. The van der Waals surface area contributed by atoms with Crippen LogP contribution in [-0.4, -0.2) is 32.9 Å². The number of benzene rings is 1. The van der Waals surface area contributed by atoms with Gasteiger partial charge in [-0.2, -0.15) is 0 Å². The van der Waals surface area contributed by atoms with Gasteiger partial charge in [0.25, 0.3) is 0 Å². The zero-order chi connectivity index (χ0) is 26.6. The van der Waals surface area contributed by atoms with E-state index in [0.717, 1.165) is 62.8 Å². The van der Waals surface area contributed by atoms with Crippen molar-refractivity contribution in [2.75, 3.05) is 13.2 Å². The molecule has 1 fully saturated rings. The molecule has 1 aliphatic rings. The Bertz CT molecular complexity index is 1600. The largest absolute Gasteiger partial charge is 0.469 e. The Morgan fingerprint density at radius 2 is 1.76 bits per heavy atom. The minimum atomic E-state index is -1.11. The van der Waals surface area contributed by atoms with Gasteiger partial charge in [0.15, 0.2) is 0 Å². The molecule has 6 nitrogen and oxygen atoms in total. The van der Waals surface area contributed by atoms with Crippen LogP contribution in [0.25, 0.3) is 33.1 Å². The molecule has 0 radical (unpaired) electrons. The predicted molar refractivity (Wildman–Crippen MR) is 146 cm³/mol. The second kappa shape index (κ2) is 9.33. The van der Waals surface area contributed by atoms with Gasteiger partial charge in [0, 0.05) is 42.1 Å². The van der Waals surface area contributed by atoms with Gasteiger partial charge in [-0.25, -0.2) is 4.39 Å². The number of aromatic nitrogens is 3. The van der Waals surface area contributed by atoms with Crippen LogP contribution in [0.3, 0.4) is 0 Å². The first-order valence-electron chi connectivity index (χ1n) is 13.1. The number of ether oxygens (including phenoxy) is 1. The van der Waals surface area contributed by atoms with Gasteiger partial charge >= 0.3 is 0 Å². The number of aryl methyl sites for hydroxylation is 2. The summed E-state index contributed by atoms with van der Waals surface area (Å²) in [5.41, 5.74) is 6.32. The van der Waals surface area contributed by atoms with E-state index >= 15 is 0 Å². The Kier molecular flexibility index (Phi) is 6.08. The van der Waals surface area contributed by atoms with Crippen LogP contribution >= 0.6 is 0 Å². The summed E-state index contributed by atoms with van der Waals surface area (Å²) in [6, 6.07) is 10.9. The van der Waals surface area contributed by atoms with E-state index in [2.05, 4.69) is 15.6 Å². The van der Waals surface area contributed by atoms with Crippen molar-refractivity contribution in [2.24, 2.45) is 5.92 Å². The third-order valence-electron chi connectivity index (χ3n) is 7.80. The van der Waals surface area contributed by atoms with Crippen molar-refractivity contribution in [3.8, 4) is 11.1 Å². The standard InChI is InChI=1S/C31H32FN3O3/c1-18-17-38-19(2)28(18)22-13-26-29(34-15-22)24-16-33-27(31(3,4)36)14-25(24)35(26)30(21-9-11-37-12-10-21)20-5-7-23(32)8-6-20/h5-8,13-17,21,30,36H,9-12H2,1-4H3. The van der Waals surface area contributed by atoms with Crippen LogP contribution in [0.15, 0.2) is 59.5 Å². The van der Waals surface area contributed by atoms with Gasteiger partial charge in [0.05, 0.1) is 34.5 Å². The summed E-state index contributed by atoms with van der Waals surface area (Å²) in [7, 11) is 0. The first-order chi connectivity index (χ1) is 18.2. The molecule has 0 saturated carbocycles. The Morgan fingerprint density at radius 1 is 1.03 bits per heavy atom. The quantitative estimate of drug-likeness (QED) is 0.278. The molecule has 7 heteroatoms. The predicted octanol–water partition coefficient (Wildman–Crippen LogP) is 6.84. The lowest BCUT2D eigenvalue weighted by molar-refractivity contribution is 0.0552. The molecule has 0 aliphatic carbocycles. The number of hydrogen-bond donors (Lipinski definition) is 1. The Morgan fingerprint density at radius 3 is 2.42 bits per heavy atom. The van der Waals surface area contributed by atoms with Crippen molar-refractivity contribution in [3.05, 3.63) is 83.5 Å². The molecular formula is C31H32FN3O3. The molecular weight excluding hydrogens is 481 g/mol. The molecule has 1 saturated heterocycles. The lowest BCUT2D eigenvalue weighted by Gasteiger charge is -2.33. The summed E-state index contributed by atoms with van der Waals surface area (Å²) < 4.78 is 27.8. The SMILES string of the molecule is Cc1coc(C)c1-c1cnc2c3cnc(C(C)(C)O)cc3n(C(c3ccc(F)cc3)C3CCOCC3)c2c1. The molecule has 196 valence electrons. The van der Waals surface area contributed by atoms with Crippen molar-refractivity contribution in [1.82, 2.24) is 14.5 Å². The van der Waals surface area contributed by atoms with Gasteiger partial charge in [-0.05, 0) is 81.8 Å². The zero-order valence-corrected chi connectivity index (χ0v) is 22.2. The van der Waals surface area contributed by atoms with Gasteiger partial charge in [0.2, 0.25) is 0 Å². The highest BCUT2D eigenvalue weighted by atomic mass is 19.1. The van der Waals surface area contributed by atoms with Gasteiger partial charge in [-0.15, -0.1) is 0 Å². The van der Waals surface area contributed by atoms with Crippen molar-refractivity contribution in [1.29, 1.82) is 0 Å². The highest BCUT2D eigenvalue weighted by Crippen LogP contribution is 2.42. The van der Waals surface area contributed by atoms with Gasteiger partial charge < -0.3 is 18.8 Å². The molecule has 38 heavy (non-hydrogen) atoms. The lowest BCUT2D eigenvalue weighted by atomic mass is 9.86. The van der Waals surface area contributed by atoms with Gasteiger partial charge in [0.1, 0.15) is 17.2 Å². The minimum absolute atomic E-state index is 0.0832. The van der Waals surface area contributed by atoms with Crippen molar-refractivity contribution < 1.29 is 18.7 Å². The van der Waals surface area contributed by atoms with Gasteiger partial charge in [-0.3, -0.25) is 9.97 Å². The van der Waals surface area contributed by atoms with Crippen LogP contribution in [0.1, 0.15) is 55.3 Å². The number of hydrogen-bond acceptors (Lipinski definition) is 5. The van der Waals surface area contributed by atoms with Crippen molar-refractivity contribution in [3.63, 3.8) is 0 Å². The molecule has 4 aromatic heterocycles. The van der Waals surface area contributed by atoms with E-state index in [1.807, 2.05) is 44.4 Å². The van der Waals surface area contributed by atoms with Crippen LogP contribution in [0.2, 0.25) is 0 Å². The maximum absolute atomic E-state index is 14.0. The van der Waals surface area contributed by atoms with E-state index in [0.29, 0.717) is 18.9 Å². The van der Waals surface area contributed by atoms with Crippen molar-refractivity contribution in [2.45, 2.75) is 52.2 Å². The van der Waals surface area contributed by atoms with E-state index in [1.54, 1.807) is 20.1 Å². The zero-order valence-electron chi connectivity index (χ0n) is 22.2. The average Bonchev–Trinajstić information content (AvgIpc) is 3.41. The third kappa shape index (κ3) is 4.20. The topological polar surface area (TPSA) is 73.3 Å². The van der Waals surface area contributed by atoms with Crippen LogP contribution in [0.4, 0.5) is 4.39 Å². The van der Waals surface area contributed by atoms with E-state index in [-0.39, 0.29) is 17.8 Å². The number of furan rings is 1. The summed E-state index contributed by atoms with van der Waals surface area (Å²) >= 11 is 0. The highest BCUT2D eigenvalue weighted by Gasteiger charge is 2.31. The number of pyridine rings is 2. The van der Waals surface area contributed by atoms with E-state index in [4.69, 9.17) is 14.1 Å². The van der Waals surface area contributed by atoms with E-state index in [9.17, 15) is 9.50 Å². The maximum Gasteiger partial charge on any atom is 0.123 e. The summed E-state index contributed by atoms with van der Waals surface area (Å²) in [6.07, 6.45) is 7.25. The summed E-state index contributed by atoms with van der Waals surface area (Å²) in [4.78, 5) is 9.56. The summed E-state index contributed by atoms with van der Waals surface area (Å²) in [6.45, 7) is 8.86. The smallest absolute Gasteiger partial charge is 0.123 e. The number of nitrogens with zero attached hydrogens (tertiary/aromatic N) is 3. The number of rotatable bonds is 5. The van der Waals surface area contributed by atoms with E-state index in [1.165, 1.54) is 12.1 Å². The molecule has 1 atom stereocenters. The third-order valence-corrected chi connectivity index (χ3v) is 7.80. The molecule has 0 bridgehead atoms. The molecule has 1 aliphatic heterocycles. The summed E-state index contributed by atoms with van der Waals surface area (Å²) in [5, 5.41) is 11.7. The second-order valence-electron chi connectivity index (χ2n) is 10.9. The molecule has 1 N–H and O–H groups in total. The maximum atomic E-state index is 14.0. The number of aliphatic hydroxyl groups is 1. The van der Waals surface area contributed by atoms with Crippen LogP contribution < -0.4 is 0 Å². The molecule has 1 unspecified atom stereocenters. The average molecular weight is 514 g/mol. The Hall–Kier alpha value is -3.55. The van der Waals surface area contributed by atoms with Crippen molar-refractivity contribution >= 4 is 21.9 Å². The minimum Gasteiger partial charge on any atom is -0.469 e. The fraction of sp³-hybridized carbons (Fsp3) is 0.355. The monoisotopic (exact) mass is 513 g/mol. The lowest BCUT2D eigenvalue weighted by Crippen LogP contribution is -2.27. The van der Waals surface area contributed by atoms with Crippen LogP contribution in [0.5, 0.6) is 0 Å². The molecule has 0 spiro atoms. The van der Waals surface area contributed by atoms with Crippen LogP contribution in [0, 0.1) is 25.6 Å². The first-order valence-corrected chi connectivity index (χ1v) is 13.1. The molecule has 0 amide bonds. The van der Waals surface area contributed by atoms with E-state index < -0.39 is 5.60 Å². The second-order valence-corrected chi connectivity index (χ2v) is 10.9.